The minimum Gasteiger partial charge on any atom is -0.383 e. The molecule has 1 aromatic carbocycles. The lowest BCUT2D eigenvalue weighted by molar-refractivity contribution is -0.0678. The van der Waals surface area contributed by atoms with Crippen molar-refractivity contribution in [2.24, 2.45) is 0 Å². The maximum Gasteiger partial charge on any atom is 0.103 e. The fraction of sp³-hybridized carbons (Fsp3) is 0.474. The Morgan fingerprint density at radius 1 is 1.36 bits per heavy atom. The van der Waals surface area contributed by atoms with Crippen LogP contribution in [-0.4, -0.2) is 48.3 Å². The molecule has 1 aliphatic heterocycles. The Bertz CT molecular complexity index is 779. The first kappa shape index (κ1) is 17.9. The molecule has 1 N–H and O–H groups in total. The highest BCUT2D eigenvalue weighted by atomic mass is 35.5. The smallest absolute Gasteiger partial charge is 0.103 e. The minimum atomic E-state index is 0.285. The van der Waals surface area contributed by atoms with Gasteiger partial charge in [-0.05, 0) is 38.5 Å². The highest BCUT2D eigenvalue weighted by Gasteiger charge is 2.21. The zero-order valence-electron chi connectivity index (χ0n) is 14.6. The van der Waals surface area contributed by atoms with Crippen molar-refractivity contribution in [3.8, 4) is 6.07 Å². The second-order valence-electron chi connectivity index (χ2n) is 6.62. The summed E-state index contributed by atoms with van der Waals surface area (Å²) in [5, 5.41) is 14.3. The lowest BCUT2D eigenvalue weighted by Crippen LogP contribution is -2.45. The number of nitrogens with one attached hydrogen (secondary N) is 1. The third kappa shape index (κ3) is 4.40. The van der Waals surface area contributed by atoms with Gasteiger partial charge in [0.25, 0.3) is 0 Å². The van der Waals surface area contributed by atoms with Gasteiger partial charge in [-0.25, -0.2) is 0 Å². The first-order valence-electron chi connectivity index (χ1n) is 8.67. The Morgan fingerprint density at radius 3 is 2.84 bits per heavy atom. The number of rotatable bonds is 5. The molecule has 6 heteroatoms. The molecule has 0 aliphatic carbocycles. The van der Waals surface area contributed by atoms with E-state index < -0.39 is 0 Å². The van der Waals surface area contributed by atoms with E-state index in [9.17, 15) is 5.26 Å². The number of fused-ring (bicyclic) bond motifs is 1. The maximum absolute atomic E-state index is 9.38. The molecule has 1 aliphatic rings. The number of nitriles is 1. The molecule has 2 unspecified atom stereocenters. The van der Waals surface area contributed by atoms with Crippen LogP contribution in [0, 0.1) is 11.3 Å². The van der Waals surface area contributed by atoms with Gasteiger partial charge in [-0.1, -0.05) is 11.6 Å². The van der Waals surface area contributed by atoms with Crippen molar-refractivity contribution in [3.63, 3.8) is 0 Å². The lowest BCUT2D eigenvalue weighted by Gasteiger charge is -2.35. The number of anilines is 1. The molecule has 25 heavy (non-hydrogen) atoms. The number of benzene rings is 1. The van der Waals surface area contributed by atoms with Crippen LogP contribution in [0.25, 0.3) is 10.9 Å². The van der Waals surface area contributed by atoms with Crippen LogP contribution < -0.4 is 5.32 Å². The number of nitrogens with zero attached hydrogens (tertiary/aromatic N) is 3. The standard InChI is InChI=1S/C19H23ClN4O/c1-13-11-24(12-14(2)25-13)7-3-6-22-19-15(9-21)10-23-18-5-4-16(20)8-17(18)19/h4-5,8,10,13-14H,3,6-7,11-12H2,1-2H3,(H,22,23). The molecule has 2 aromatic rings. The summed E-state index contributed by atoms with van der Waals surface area (Å²) in [6.07, 6.45) is 3.18. The molecule has 132 valence electrons. The van der Waals surface area contributed by atoms with Gasteiger partial charge in [0, 0.05) is 42.8 Å². The summed E-state index contributed by atoms with van der Waals surface area (Å²) in [6, 6.07) is 7.76. The summed E-state index contributed by atoms with van der Waals surface area (Å²) in [4.78, 5) is 6.77. The number of pyridine rings is 1. The molecule has 0 bridgehead atoms. The van der Waals surface area contributed by atoms with Gasteiger partial charge in [0.15, 0.2) is 0 Å². The first-order chi connectivity index (χ1) is 12.1. The first-order valence-corrected chi connectivity index (χ1v) is 9.04. The van der Waals surface area contributed by atoms with Crippen LogP contribution in [0.15, 0.2) is 24.4 Å². The van der Waals surface area contributed by atoms with Crippen molar-refractivity contribution < 1.29 is 4.74 Å². The summed E-state index contributed by atoms with van der Waals surface area (Å²) in [7, 11) is 0. The van der Waals surface area contributed by atoms with Crippen molar-refractivity contribution in [2.45, 2.75) is 32.5 Å². The summed E-state index contributed by atoms with van der Waals surface area (Å²) in [6.45, 7) is 7.99. The van der Waals surface area contributed by atoms with Crippen molar-refractivity contribution in [3.05, 3.63) is 35.0 Å². The highest BCUT2D eigenvalue weighted by molar-refractivity contribution is 6.31. The van der Waals surface area contributed by atoms with E-state index in [1.807, 2.05) is 18.2 Å². The normalized spacial score (nSPS) is 21.2. The van der Waals surface area contributed by atoms with E-state index in [0.29, 0.717) is 10.6 Å². The van der Waals surface area contributed by atoms with Crippen LogP contribution in [0.4, 0.5) is 5.69 Å². The van der Waals surface area contributed by atoms with E-state index in [4.69, 9.17) is 16.3 Å². The zero-order valence-corrected chi connectivity index (χ0v) is 15.4. The van der Waals surface area contributed by atoms with Gasteiger partial charge in [-0.3, -0.25) is 9.88 Å². The van der Waals surface area contributed by atoms with Crippen LogP contribution in [0.3, 0.4) is 0 Å². The molecule has 1 saturated heterocycles. The number of halogens is 1. The summed E-state index contributed by atoms with van der Waals surface area (Å²) < 4.78 is 5.77. The van der Waals surface area contributed by atoms with Crippen LogP contribution in [-0.2, 0) is 4.74 Å². The molecule has 0 spiro atoms. The monoisotopic (exact) mass is 358 g/mol. The predicted octanol–water partition coefficient (Wildman–Crippen LogP) is 3.67. The zero-order chi connectivity index (χ0) is 17.8. The van der Waals surface area contributed by atoms with E-state index in [1.54, 1.807) is 6.20 Å². The SMILES string of the molecule is CC1CN(CCCNc2c(C#N)cnc3ccc(Cl)cc23)CC(C)O1. The average molecular weight is 359 g/mol. The average Bonchev–Trinajstić information content (AvgIpc) is 2.57. The maximum atomic E-state index is 9.38. The van der Waals surface area contributed by atoms with E-state index in [0.717, 1.165) is 49.2 Å². The number of hydrogen-bond acceptors (Lipinski definition) is 5. The number of aromatic nitrogens is 1. The molecular formula is C19H23ClN4O. The van der Waals surface area contributed by atoms with Gasteiger partial charge in [-0.15, -0.1) is 0 Å². The molecule has 1 fully saturated rings. The van der Waals surface area contributed by atoms with Gasteiger partial charge < -0.3 is 10.1 Å². The predicted molar refractivity (Wildman–Crippen MR) is 101 cm³/mol. The van der Waals surface area contributed by atoms with Crippen molar-refractivity contribution in [2.75, 3.05) is 31.5 Å². The summed E-state index contributed by atoms with van der Waals surface area (Å²) >= 11 is 6.12. The summed E-state index contributed by atoms with van der Waals surface area (Å²) in [5.41, 5.74) is 2.20. The third-order valence-corrected chi connectivity index (χ3v) is 4.63. The Morgan fingerprint density at radius 2 is 2.12 bits per heavy atom. The number of hydrogen-bond donors (Lipinski definition) is 1. The Balaban J connectivity index is 1.65. The second-order valence-corrected chi connectivity index (χ2v) is 7.05. The van der Waals surface area contributed by atoms with Crippen LogP contribution in [0.5, 0.6) is 0 Å². The van der Waals surface area contributed by atoms with E-state index in [-0.39, 0.29) is 12.2 Å². The molecular weight excluding hydrogens is 336 g/mol. The summed E-state index contributed by atoms with van der Waals surface area (Å²) in [5.74, 6) is 0. The quantitative estimate of drug-likeness (QED) is 0.826. The number of ether oxygens (including phenoxy) is 1. The largest absolute Gasteiger partial charge is 0.383 e. The topological polar surface area (TPSA) is 61.2 Å². The van der Waals surface area contributed by atoms with E-state index in [1.165, 1.54) is 0 Å². The van der Waals surface area contributed by atoms with Crippen molar-refractivity contribution in [1.82, 2.24) is 9.88 Å². The highest BCUT2D eigenvalue weighted by Crippen LogP contribution is 2.28. The molecule has 5 nitrogen and oxygen atoms in total. The molecule has 1 aromatic heterocycles. The lowest BCUT2D eigenvalue weighted by atomic mass is 10.1. The van der Waals surface area contributed by atoms with Gasteiger partial charge in [0.1, 0.15) is 6.07 Å². The fourth-order valence-electron chi connectivity index (χ4n) is 3.42. The number of morpholine rings is 1. The van der Waals surface area contributed by atoms with Gasteiger partial charge >= 0.3 is 0 Å². The molecule has 0 saturated carbocycles. The Kier molecular flexibility index (Phi) is 5.74. The van der Waals surface area contributed by atoms with Crippen LogP contribution in [0.1, 0.15) is 25.8 Å². The van der Waals surface area contributed by atoms with Crippen molar-refractivity contribution >= 4 is 28.2 Å². The third-order valence-electron chi connectivity index (χ3n) is 4.40. The van der Waals surface area contributed by atoms with E-state index in [2.05, 4.69) is 35.1 Å². The van der Waals surface area contributed by atoms with E-state index >= 15 is 0 Å². The Labute approximate surface area is 153 Å². The van der Waals surface area contributed by atoms with Gasteiger partial charge in [-0.2, -0.15) is 5.26 Å². The fourth-order valence-corrected chi connectivity index (χ4v) is 3.60. The van der Waals surface area contributed by atoms with Crippen molar-refractivity contribution in [1.29, 1.82) is 5.26 Å². The van der Waals surface area contributed by atoms with Gasteiger partial charge in [0.05, 0.1) is 29.0 Å². The van der Waals surface area contributed by atoms with Crippen LogP contribution >= 0.6 is 11.6 Å². The molecule has 0 amide bonds. The molecule has 0 radical (unpaired) electrons. The minimum absolute atomic E-state index is 0.285. The Hall–Kier alpha value is -1.87. The molecule has 3 rings (SSSR count). The molecule has 2 atom stereocenters. The second kappa shape index (κ2) is 8.01. The van der Waals surface area contributed by atoms with Crippen LogP contribution in [0.2, 0.25) is 5.02 Å². The van der Waals surface area contributed by atoms with Gasteiger partial charge in [0.2, 0.25) is 0 Å². The molecule has 2 heterocycles.